The molecule has 112 valence electrons. The summed E-state index contributed by atoms with van der Waals surface area (Å²) in [5.74, 6) is 1.62. The first kappa shape index (κ1) is 15.2. The Kier molecular flexibility index (Phi) is 5.30. The van der Waals surface area contributed by atoms with Crippen molar-refractivity contribution < 1.29 is 9.47 Å². The molecule has 0 unspecified atom stereocenters. The fourth-order valence-electron chi connectivity index (χ4n) is 3.50. The Morgan fingerprint density at radius 2 is 1.75 bits per heavy atom. The van der Waals surface area contributed by atoms with E-state index in [1.54, 1.807) is 14.2 Å². The molecule has 0 radical (unpaired) electrons. The van der Waals surface area contributed by atoms with Gasteiger partial charge >= 0.3 is 0 Å². The molecule has 1 aromatic carbocycles. The summed E-state index contributed by atoms with van der Waals surface area (Å²) in [4.78, 5) is 0. The Morgan fingerprint density at radius 1 is 1.05 bits per heavy atom. The van der Waals surface area contributed by atoms with Crippen LogP contribution in [0.25, 0.3) is 0 Å². The number of ether oxygens (including phenoxy) is 2. The van der Waals surface area contributed by atoms with Crippen molar-refractivity contribution in [3.8, 4) is 11.5 Å². The number of methoxy groups -OCH3 is 2. The Hall–Kier alpha value is -1.22. The summed E-state index contributed by atoms with van der Waals surface area (Å²) in [6, 6.07) is 6.24. The fourth-order valence-corrected chi connectivity index (χ4v) is 3.50. The predicted molar refractivity (Wildman–Crippen MR) is 82.4 cm³/mol. The standard InChI is InChI=1S/C17H27NO2/c1-19-15-6-5-14(13-16(15)20-2)7-10-17(11-12-18)8-3-4-9-17/h5-6,13H,3-4,7-12,18H2,1-2H3. The van der Waals surface area contributed by atoms with Gasteiger partial charge in [0.05, 0.1) is 14.2 Å². The van der Waals surface area contributed by atoms with Crippen LogP contribution >= 0.6 is 0 Å². The highest BCUT2D eigenvalue weighted by atomic mass is 16.5. The lowest BCUT2D eigenvalue weighted by Gasteiger charge is -2.28. The summed E-state index contributed by atoms with van der Waals surface area (Å²) in [6.07, 6.45) is 8.92. The van der Waals surface area contributed by atoms with E-state index >= 15 is 0 Å². The molecule has 0 aliphatic heterocycles. The quantitative estimate of drug-likeness (QED) is 0.829. The molecule has 0 aromatic heterocycles. The number of rotatable bonds is 7. The predicted octanol–water partition coefficient (Wildman–Crippen LogP) is 3.55. The SMILES string of the molecule is COc1ccc(CCC2(CCN)CCCC2)cc1OC. The van der Waals surface area contributed by atoms with Crippen LogP contribution in [0.3, 0.4) is 0 Å². The van der Waals surface area contributed by atoms with Crippen LogP contribution in [0.2, 0.25) is 0 Å². The van der Waals surface area contributed by atoms with Crippen molar-refractivity contribution in [3.05, 3.63) is 23.8 Å². The first-order chi connectivity index (χ1) is 9.73. The Balaban J connectivity index is 2.02. The maximum Gasteiger partial charge on any atom is 0.160 e. The third kappa shape index (κ3) is 3.45. The summed E-state index contributed by atoms with van der Waals surface area (Å²) in [7, 11) is 3.36. The zero-order valence-electron chi connectivity index (χ0n) is 12.8. The summed E-state index contributed by atoms with van der Waals surface area (Å²) < 4.78 is 10.7. The summed E-state index contributed by atoms with van der Waals surface area (Å²) in [5, 5.41) is 0. The molecule has 2 N–H and O–H groups in total. The molecule has 0 spiro atoms. The van der Waals surface area contributed by atoms with Crippen LogP contribution in [-0.2, 0) is 6.42 Å². The van der Waals surface area contributed by atoms with Crippen LogP contribution in [0.5, 0.6) is 11.5 Å². The number of benzene rings is 1. The van der Waals surface area contributed by atoms with E-state index in [4.69, 9.17) is 15.2 Å². The van der Waals surface area contributed by atoms with Crippen LogP contribution in [0.1, 0.15) is 44.1 Å². The Bertz CT molecular complexity index is 425. The minimum atomic E-state index is 0.488. The second kappa shape index (κ2) is 6.98. The van der Waals surface area contributed by atoms with Crippen LogP contribution in [0.15, 0.2) is 18.2 Å². The van der Waals surface area contributed by atoms with Crippen LogP contribution < -0.4 is 15.2 Å². The van der Waals surface area contributed by atoms with Crippen LogP contribution in [0, 0.1) is 5.41 Å². The number of hydrogen-bond acceptors (Lipinski definition) is 3. The molecule has 1 saturated carbocycles. The third-order valence-electron chi connectivity index (χ3n) is 4.73. The summed E-state index contributed by atoms with van der Waals surface area (Å²) in [5.41, 5.74) is 7.62. The van der Waals surface area contributed by atoms with E-state index in [0.29, 0.717) is 5.41 Å². The average molecular weight is 277 g/mol. The molecule has 1 aromatic rings. The second-order valence-corrected chi connectivity index (χ2v) is 5.94. The fraction of sp³-hybridized carbons (Fsp3) is 0.647. The maximum atomic E-state index is 5.81. The van der Waals surface area contributed by atoms with Gasteiger partial charge in [0.25, 0.3) is 0 Å². The van der Waals surface area contributed by atoms with E-state index < -0.39 is 0 Å². The van der Waals surface area contributed by atoms with Crippen molar-refractivity contribution in [2.24, 2.45) is 11.1 Å². The van der Waals surface area contributed by atoms with Crippen molar-refractivity contribution in [2.75, 3.05) is 20.8 Å². The first-order valence-corrected chi connectivity index (χ1v) is 7.64. The van der Waals surface area contributed by atoms with Crippen LogP contribution in [-0.4, -0.2) is 20.8 Å². The van der Waals surface area contributed by atoms with E-state index in [2.05, 4.69) is 12.1 Å². The lowest BCUT2D eigenvalue weighted by molar-refractivity contribution is 0.253. The Labute approximate surface area is 122 Å². The molecule has 0 atom stereocenters. The van der Waals surface area contributed by atoms with Gasteiger partial charge in [-0.3, -0.25) is 0 Å². The smallest absolute Gasteiger partial charge is 0.160 e. The zero-order valence-corrected chi connectivity index (χ0v) is 12.8. The van der Waals surface area contributed by atoms with Gasteiger partial charge in [0.2, 0.25) is 0 Å². The topological polar surface area (TPSA) is 44.5 Å². The number of hydrogen-bond donors (Lipinski definition) is 1. The lowest BCUT2D eigenvalue weighted by atomic mass is 9.77. The van der Waals surface area contributed by atoms with Gasteiger partial charge in [0, 0.05) is 0 Å². The van der Waals surface area contributed by atoms with Crippen molar-refractivity contribution in [3.63, 3.8) is 0 Å². The Morgan fingerprint density at radius 3 is 2.35 bits per heavy atom. The molecule has 1 aliphatic rings. The molecular weight excluding hydrogens is 250 g/mol. The minimum absolute atomic E-state index is 0.488. The molecule has 2 rings (SSSR count). The molecule has 1 aliphatic carbocycles. The van der Waals surface area contributed by atoms with Gasteiger partial charge in [-0.1, -0.05) is 18.9 Å². The molecule has 20 heavy (non-hydrogen) atoms. The van der Waals surface area contributed by atoms with Gasteiger partial charge in [-0.15, -0.1) is 0 Å². The van der Waals surface area contributed by atoms with Gasteiger partial charge in [-0.2, -0.15) is 0 Å². The molecule has 0 heterocycles. The zero-order chi connectivity index (χ0) is 14.4. The van der Waals surface area contributed by atoms with Crippen molar-refractivity contribution in [1.82, 2.24) is 0 Å². The van der Waals surface area contributed by atoms with E-state index in [0.717, 1.165) is 24.5 Å². The van der Waals surface area contributed by atoms with E-state index in [1.165, 1.54) is 44.1 Å². The average Bonchev–Trinajstić information content (AvgIpc) is 2.94. The van der Waals surface area contributed by atoms with Gasteiger partial charge in [-0.25, -0.2) is 0 Å². The lowest BCUT2D eigenvalue weighted by Crippen LogP contribution is -2.21. The third-order valence-corrected chi connectivity index (χ3v) is 4.73. The van der Waals surface area contributed by atoms with E-state index in [1.807, 2.05) is 6.07 Å². The van der Waals surface area contributed by atoms with Crippen molar-refractivity contribution in [2.45, 2.75) is 44.9 Å². The highest BCUT2D eigenvalue weighted by molar-refractivity contribution is 5.42. The first-order valence-electron chi connectivity index (χ1n) is 7.64. The van der Waals surface area contributed by atoms with Gasteiger partial charge in [0.15, 0.2) is 11.5 Å². The second-order valence-electron chi connectivity index (χ2n) is 5.94. The largest absolute Gasteiger partial charge is 0.493 e. The highest BCUT2D eigenvalue weighted by Crippen LogP contribution is 2.44. The number of aryl methyl sites for hydroxylation is 1. The van der Waals surface area contributed by atoms with Crippen molar-refractivity contribution >= 4 is 0 Å². The highest BCUT2D eigenvalue weighted by Gasteiger charge is 2.32. The molecule has 0 amide bonds. The summed E-state index contributed by atoms with van der Waals surface area (Å²) >= 11 is 0. The van der Waals surface area contributed by atoms with Gasteiger partial charge in [0.1, 0.15) is 0 Å². The molecule has 3 heteroatoms. The molecule has 1 fully saturated rings. The monoisotopic (exact) mass is 277 g/mol. The normalized spacial score (nSPS) is 17.1. The molecular formula is C17H27NO2. The maximum absolute atomic E-state index is 5.81. The molecule has 0 bridgehead atoms. The number of nitrogens with two attached hydrogens (primary N) is 1. The molecule has 0 saturated heterocycles. The van der Waals surface area contributed by atoms with Gasteiger partial charge < -0.3 is 15.2 Å². The van der Waals surface area contributed by atoms with Gasteiger partial charge in [-0.05, 0) is 61.8 Å². The molecule has 3 nitrogen and oxygen atoms in total. The summed E-state index contributed by atoms with van der Waals surface area (Å²) in [6.45, 7) is 0.811. The van der Waals surface area contributed by atoms with Crippen molar-refractivity contribution in [1.29, 1.82) is 0 Å². The van der Waals surface area contributed by atoms with Crippen LogP contribution in [0.4, 0.5) is 0 Å². The van der Waals surface area contributed by atoms with E-state index in [-0.39, 0.29) is 0 Å². The minimum Gasteiger partial charge on any atom is -0.493 e. The van der Waals surface area contributed by atoms with E-state index in [9.17, 15) is 0 Å².